The van der Waals surface area contributed by atoms with Gasteiger partial charge in [-0.05, 0) is 25.7 Å². The lowest BCUT2D eigenvalue weighted by molar-refractivity contribution is -0.200. The molecule has 0 aromatic rings. The highest BCUT2D eigenvalue weighted by molar-refractivity contribution is 5.79. The zero-order chi connectivity index (χ0) is 33.1. The second-order valence-corrected chi connectivity index (χ2v) is 13.7. The van der Waals surface area contributed by atoms with Crippen molar-refractivity contribution in [2.24, 2.45) is 0 Å². The minimum absolute atomic E-state index is 0.0631. The van der Waals surface area contributed by atoms with Crippen molar-refractivity contribution in [3.05, 3.63) is 0 Å². The quantitative estimate of drug-likeness (QED) is 0.435. The number of Topliss-reactive ketones (excluding diaryl/α,β-unsaturated/α-hetero) is 2. The van der Waals surface area contributed by atoms with Crippen LogP contribution in [0.1, 0.15) is 77.0 Å². The van der Waals surface area contributed by atoms with E-state index in [1.165, 1.54) is 0 Å². The third-order valence-electron chi connectivity index (χ3n) is 9.96. The van der Waals surface area contributed by atoms with E-state index in [4.69, 9.17) is 18.9 Å². The molecule has 3 aliphatic carbocycles. The van der Waals surface area contributed by atoms with Crippen molar-refractivity contribution in [1.82, 2.24) is 15.1 Å². The van der Waals surface area contributed by atoms with E-state index in [1.807, 2.05) is 4.90 Å². The first-order chi connectivity index (χ1) is 21.7. The van der Waals surface area contributed by atoms with Crippen molar-refractivity contribution >= 4 is 11.6 Å². The van der Waals surface area contributed by atoms with E-state index in [9.17, 15) is 35.9 Å². The fourth-order valence-corrected chi connectivity index (χ4v) is 7.10. The lowest BCUT2D eigenvalue weighted by atomic mass is 9.87. The second kappa shape index (κ2) is 14.6. The van der Waals surface area contributed by atoms with Crippen LogP contribution in [0, 0.1) is 0 Å². The van der Waals surface area contributed by atoms with Gasteiger partial charge in [0.15, 0.2) is 11.6 Å². The zero-order valence-electron chi connectivity index (χ0n) is 26.3. The Hall–Kier alpha value is -1.36. The van der Waals surface area contributed by atoms with E-state index in [2.05, 4.69) is 5.32 Å². The van der Waals surface area contributed by atoms with Crippen LogP contribution in [0.2, 0.25) is 0 Å². The standard InChI is InChI=1S/C11H17F2NO2.C9H13F2NO.C8H12O3.C3H5F2N/c12-10(13)7-14(8-10)9-1-3-11(4-2-9)15-5-6-16-11;10-9(11)5-12(6-9)7-1-3-8(13)4-2-7;9-7-1-3-8(4-2-7)10-5-6-11-8;4-3(5)1-6-2-3/h9H,1-8H2;7H,1-6H2;1-6H2;6H,1-2H2. The van der Waals surface area contributed by atoms with E-state index in [1.54, 1.807) is 4.90 Å². The van der Waals surface area contributed by atoms with Crippen LogP contribution in [0.25, 0.3) is 0 Å². The number of carbonyl (C=O) groups is 2. The Balaban J connectivity index is 0.000000126. The molecule has 2 spiro atoms. The van der Waals surface area contributed by atoms with Crippen LogP contribution < -0.4 is 5.32 Å². The van der Waals surface area contributed by atoms with Crippen LogP contribution in [-0.4, -0.2) is 128 Å². The molecule has 0 radical (unpaired) electrons. The van der Waals surface area contributed by atoms with Crippen molar-refractivity contribution in [3.63, 3.8) is 0 Å². The summed E-state index contributed by atoms with van der Waals surface area (Å²) >= 11 is 0. The molecule has 0 atom stereocenters. The molecule has 9 nitrogen and oxygen atoms in total. The molecular weight excluding hydrogens is 624 g/mol. The third-order valence-corrected chi connectivity index (χ3v) is 9.96. The van der Waals surface area contributed by atoms with Crippen molar-refractivity contribution in [3.8, 4) is 0 Å². The number of rotatable bonds is 2. The first kappa shape index (κ1) is 35.9. The van der Waals surface area contributed by atoms with Gasteiger partial charge in [0, 0.05) is 63.5 Å². The molecule has 8 aliphatic rings. The van der Waals surface area contributed by atoms with Gasteiger partial charge in [-0.15, -0.1) is 0 Å². The highest BCUT2D eigenvalue weighted by atomic mass is 19.3. The number of halogens is 6. The minimum Gasteiger partial charge on any atom is -0.348 e. The summed E-state index contributed by atoms with van der Waals surface area (Å²) in [5.41, 5.74) is 0. The van der Waals surface area contributed by atoms with Crippen molar-refractivity contribution in [1.29, 1.82) is 0 Å². The number of likely N-dealkylation sites (tertiary alicyclic amines) is 2. The Morgan fingerprint density at radius 3 is 1.22 bits per heavy atom. The average Bonchev–Trinajstić information content (AvgIpc) is 3.64. The summed E-state index contributed by atoms with van der Waals surface area (Å²) in [7, 11) is 0. The number of alkyl halides is 6. The van der Waals surface area contributed by atoms with Gasteiger partial charge in [0.25, 0.3) is 17.8 Å². The Morgan fingerprint density at radius 2 is 0.870 bits per heavy atom. The Morgan fingerprint density at radius 1 is 0.522 bits per heavy atom. The second-order valence-electron chi connectivity index (χ2n) is 13.7. The van der Waals surface area contributed by atoms with Gasteiger partial charge in [-0.2, -0.15) is 0 Å². The first-order valence-corrected chi connectivity index (χ1v) is 16.6. The van der Waals surface area contributed by atoms with Crippen molar-refractivity contribution in [2.75, 3.05) is 65.7 Å². The van der Waals surface area contributed by atoms with Crippen LogP contribution in [0.15, 0.2) is 0 Å². The lowest BCUT2D eigenvalue weighted by Crippen LogP contribution is -2.61. The molecule has 0 aromatic carbocycles. The maximum Gasteiger partial charge on any atom is 0.272 e. The third kappa shape index (κ3) is 9.85. The van der Waals surface area contributed by atoms with E-state index in [0.29, 0.717) is 63.9 Å². The highest BCUT2D eigenvalue weighted by Crippen LogP contribution is 2.40. The number of nitrogens with one attached hydrogen (secondary N) is 1. The average molecular weight is 672 g/mol. The Kier molecular flexibility index (Phi) is 11.4. The molecule has 5 saturated heterocycles. The minimum atomic E-state index is -2.47. The maximum absolute atomic E-state index is 12.7. The molecule has 0 amide bonds. The molecular formula is C31H47F6N3O6. The molecule has 5 aliphatic heterocycles. The summed E-state index contributed by atoms with van der Waals surface area (Å²) in [5.74, 6) is -7.42. The number of nitrogens with zero attached hydrogens (tertiary/aromatic N) is 2. The molecule has 46 heavy (non-hydrogen) atoms. The van der Waals surface area contributed by atoms with Crippen LogP contribution in [0.4, 0.5) is 26.3 Å². The summed E-state index contributed by atoms with van der Waals surface area (Å²) in [6, 6.07) is 0.537. The van der Waals surface area contributed by atoms with E-state index < -0.39 is 17.8 Å². The summed E-state index contributed by atoms with van der Waals surface area (Å²) < 4.78 is 95.6. The van der Waals surface area contributed by atoms with Crippen LogP contribution >= 0.6 is 0 Å². The predicted molar refractivity (Wildman–Crippen MR) is 153 cm³/mol. The van der Waals surface area contributed by atoms with Crippen LogP contribution in [0.5, 0.6) is 0 Å². The Labute approximate surface area is 265 Å². The molecule has 8 fully saturated rings. The maximum atomic E-state index is 12.7. The highest BCUT2D eigenvalue weighted by Gasteiger charge is 2.50. The number of carbonyl (C=O) groups excluding carboxylic acids is 2. The van der Waals surface area contributed by atoms with Gasteiger partial charge < -0.3 is 24.3 Å². The lowest BCUT2D eigenvalue weighted by Gasteiger charge is -2.47. The van der Waals surface area contributed by atoms with Gasteiger partial charge in [-0.25, -0.2) is 26.3 Å². The molecule has 15 heteroatoms. The molecule has 8 rings (SSSR count). The normalized spacial score (nSPS) is 31.3. The van der Waals surface area contributed by atoms with Crippen LogP contribution in [0.3, 0.4) is 0 Å². The summed E-state index contributed by atoms with van der Waals surface area (Å²) in [6.07, 6.45) is 8.98. The van der Waals surface area contributed by atoms with E-state index in [-0.39, 0.29) is 62.7 Å². The van der Waals surface area contributed by atoms with Crippen molar-refractivity contribution < 1.29 is 54.9 Å². The summed E-state index contributed by atoms with van der Waals surface area (Å²) in [5, 5.41) is 2.45. The van der Waals surface area contributed by atoms with Gasteiger partial charge in [0.2, 0.25) is 0 Å². The van der Waals surface area contributed by atoms with Gasteiger partial charge in [0.1, 0.15) is 11.6 Å². The fourth-order valence-electron chi connectivity index (χ4n) is 7.10. The molecule has 3 saturated carbocycles. The molecule has 264 valence electrons. The number of hydrogen-bond donors (Lipinski definition) is 1. The summed E-state index contributed by atoms with van der Waals surface area (Å²) in [4.78, 5) is 25.5. The molecule has 0 aromatic heterocycles. The molecule has 1 N–H and O–H groups in total. The first-order valence-electron chi connectivity index (χ1n) is 16.6. The molecule has 5 heterocycles. The summed E-state index contributed by atoms with van der Waals surface area (Å²) in [6.45, 7) is 2.12. The predicted octanol–water partition coefficient (Wildman–Crippen LogP) is 4.17. The molecule has 0 unspecified atom stereocenters. The Bertz CT molecular complexity index is 1000. The topological polar surface area (TPSA) is 89.6 Å². The van der Waals surface area contributed by atoms with Gasteiger partial charge in [-0.3, -0.25) is 19.4 Å². The largest absolute Gasteiger partial charge is 0.348 e. The number of ether oxygens (including phenoxy) is 4. The monoisotopic (exact) mass is 671 g/mol. The van der Waals surface area contributed by atoms with Crippen molar-refractivity contribution in [2.45, 2.75) is 118 Å². The number of hydrogen-bond acceptors (Lipinski definition) is 9. The fraction of sp³-hybridized carbons (Fsp3) is 0.935. The van der Waals surface area contributed by atoms with Gasteiger partial charge in [0.05, 0.1) is 65.7 Å². The van der Waals surface area contributed by atoms with Gasteiger partial charge in [-0.1, -0.05) is 0 Å². The number of ketones is 2. The van der Waals surface area contributed by atoms with Crippen LogP contribution in [-0.2, 0) is 28.5 Å². The smallest absolute Gasteiger partial charge is 0.272 e. The molecule has 0 bridgehead atoms. The van der Waals surface area contributed by atoms with Gasteiger partial charge >= 0.3 is 0 Å². The zero-order valence-corrected chi connectivity index (χ0v) is 26.3. The SMILES string of the molecule is FC1(F)CN(C2CCC3(CC2)OCCO3)C1.FC1(F)CNC1.O=C1CCC(N2CC(F)(F)C2)CC1.O=C1CCC2(CC1)OCCO2. The van der Waals surface area contributed by atoms with E-state index in [0.717, 1.165) is 51.4 Å². The van der Waals surface area contributed by atoms with E-state index >= 15 is 0 Å².